The van der Waals surface area contributed by atoms with Crippen LogP contribution in [0.25, 0.3) is 0 Å². The molecule has 0 aromatic rings. The number of rotatable bonds is 7. The number of primary amides is 1. The van der Waals surface area contributed by atoms with Crippen LogP contribution in [0.4, 0.5) is 0 Å². The summed E-state index contributed by atoms with van der Waals surface area (Å²) in [5.41, 5.74) is 4.80. The molecule has 4 heteroatoms. The summed E-state index contributed by atoms with van der Waals surface area (Å²) in [6, 6.07) is 0. The topological polar surface area (TPSA) is 55.1 Å². The third-order valence-corrected chi connectivity index (χ3v) is 4.10. The van der Waals surface area contributed by atoms with Crippen molar-refractivity contribution in [1.82, 2.24) is 5.32 Å². The van der Waals surface area contributed by atoms with Crippen molar-refractivity contribution >= 4 is 17.7 Å². The van der Waals surface area contributed by atoms with Gasteiger partial charge in [0.05, 0.1) is 5.54 Å². The lowest BCUT2D eigenvalue weighted by molar-refractivity contribution is -0.123. The molecule has 90 valence electrons. The molecule has 0 aliphatic rings. The summed E-state index contributed by atoms with van der Waals surface area (Å²) in [7, 11) is 1.78. The Morgan fingerprint density at radius 2 is 2.00 bits per heavy atom. The third-order valence-electron chi connectivity index (χ3n) is 2.51. The molecule has 0 spiro atoms. The van der Waals surface area contributed by atoms with Crippen LogP contribution in [-0.4, -0.2) is 29.5 Å². The summed E-state index contributed by atoms with van der Waals surface area (Å²) in [6.45, 7) is 8.41. The van der Waals surface area contributed by atoms with E-state index in [0.717, 1.165) is 12.2 Å². The number of carbonyl (C=O) groups is 1. The van der Waals surface area contributed by atoms with Crippen molar-refractivity contribution in [3.63, 3.8) is 0 Å². The molecule has 0 heterocycles. The maximum atomic E-state index is 11.3. The summed E-state index contributed by atoms with van der Waals surface area (Å²) >= 11 is 1.90. The highest BCUT2D eigenvalue weighted by atomic mass is 32.2. The molecular formula is C11H24N2OS. The highest BCUT2D eigenvalue weighted by Crippen LogP contribution is 2.23. The summed E-state index contributed by atoms with van der Waals surface area (Å²) in [5.74, 6) is 1.54. The van der Waals surface area contributed by atoms with E-state index in [0.29, 0.717) is 11.2 Å². The normalized spacial score (nSPS) is 17.5. The summed E-state index contributed by atoms with van der Waals surface area (Å²) in [4.78, 5) is 11.3. The van der Waals surface area contributed by atoms with E-state index < -0.39 is 5.54 Å². The van der Waals surface area contributed by atoms with Gasteiger partial charge in [0.1, 0.15) is 0 Å². The second-order valence-electron chi connectivity index (χ2n) is 4.69. The Hall–Kier alpha value is -0.220. The molecule has 0 aliphatic carbocycles. The fraction of sp³-hybridized carbons (Fsp3) is 0.909. The first-order chi connectivity index (χ1) is 6.81. The molecule has 0 aliphatic heterocycles. The van der Waals surface area contributed by atoms with E-state index in [2.05, 4.69) is 26.1 Å². The van der Waals surface area contributed by atoms with Gasteiger partial charge in [0.25, 0.3) is 0 Å². The Morgan fingerprint density at radius 1 is 1.47 bits per heavy atom. The first-order valence-corrected chi connectivity index (χ1v) is 6.47. The van der Waals surface area contributed by atoms with Gasteiger partial charge < -0.3 is 11.1 Å². The number of carbonyl (C=O) groups excluding carboxylic acids is 1. The number of likely N-dealkylation sites (N-methyl/N-ethyl adjacent to an activating group) is 1. The summed E-state index contributed by atoms with van der Waals surface area (Å²) < 4.78 is 0. The van der Waals surface area contributed by atoms with E-state index in [4.69, 9.17) is 5.73 Å². The van der Waals surface area contributed by atoms with E-state index in [9.17, 15) is 4.79 Å². The Balaban J connectivity index is 4.13. The molecule has 0 saturated heterocycles. The first-order valence-electron chi connectivity index (χ1n) is 5.42. The van der Waals surface area contributed by atoms with Crippen molar-refractivity contribution in [3.8, 4) is 0 Å². The van der Waals surface area contributed by atoms with E-state index in [1.165, 1.54) is 0 Å². The van der Waals surface area contributed by atoms with Crippen molar-refractivity contribution in [3.05, 3.63) is 0 Å². The number of nitrogens with one attached hydrogen (secondary N) is 1. The molecule has 1 amide bonds. The van der Waals surface area contributed by atoms with Gasteiger partial charge in [-0.1, -0.05) is 20.8 Å². The quantitative estimate of drug-likeness (QED) is 0.701. The number of hydrogen-bond donors (Lipinski definition) is 2. The number of thioether (sulfide) groups is 1. The minimum Gasteiger partial charge on any atom is -0.368 e. The van der Waals surface area contributed by atoms with Crippen LogP contribution >= 0.6 is 11.8 Å². The van der Waals surface area contributed by atoms with Crippen LogP contribution in [0.1, 0.15) is 34.1 Å². The molecular weight excluding hydrogens is 208 g/mol. The second kappa shape index (κ2) is 6.38. The number of nitrogens with two attached hydrogens (primary N) is 1. The molecule has 2 atom stereocenters. The molecule has 0 aromatic heterocycles. The highest BCUT2D eigenvalue weighted by Gasteiger charge is 2.30. The van der Waals surface area contributed by atoms with E-state index >= 15 is 0 Å². The smallest absolute Gasteiger partial charge is 0.237 e. The fourth-order valence-corrected chi connectivity index (χ4v) is 2.48. The van der Waals surface area contributed by atoms with Crippen LogP contribution in [-0.2, 0) is 4.79 Å². The molecule has 0 radical (unpaired) electrons. The number of amides is 1. The lowest BCUT2D eigenvalue weighted by atomic mass is 9.95. The Morgan fingerprint density at radius 3 is 2.33 bits per heavy atom. The minimum atomic E-state index is -0.580. The van der Waals surface area contributed by atoms with Gasteiger partial charge in [-0.3, -0.25) is 4.79 Å². The predicted molar refractivity (Wildman–Crippen MR) is 68.0 cm³/mol. The highest BCUT2D eigenvalue weighted by molar-refractivity contribution is 7.99. The van der Waals surface area contributed by atoms with E-state index in [-0.39, 0.29) is 5.91 Å². The van der Waals surface area contributed by atoms with Crippen LogP contribution in [0, 0.1) is 5.92 Å². The van der Waals surface area contributed by atoms with Gasteiger partial charge in [-0.05, 0) is 32.1 Å². The zero-order valence-electron chi connectivity index (χ0n) is 10.5. The van der Waals surface area contributed by atoms with Crippen LogP contribution in [0.2, 0.25) is 0 Å². The van der Waals surface area contributed by atoms with Gasteiger partial charge in [0.15, 0.2) is 0 Å². The molecule has 0 rings (SSSR count). The van der Waals surface area contributed by atoms with Crippen molar-refractivity contribution in [2.24, 2.45) is 11.7 Å². The SMILES string of the molecule is CNC(C)(CC(C)SCC(C)C)C(N)=O. The summed E-state index contributed by atoms with van der Waals surface area (Å²) in [6.07, 6.45) is 0.774. The lowest BCUT2D eigenvalue weighted by Crippen LogP contribution is -2.52. The molecule has 15 heavy (non-hydrogen) atoms. The second-order valence-corrected chi connectivity index (χ2v) is 6.16. The Bertz CT molecular complexity index is 209. The van der Waals surface area contributed by atoms with Crippen LogP contribution in [0.15, 0.2) is 0 Å². The van der Waals surface area contributed by atoms with Crippen molar-refractivity contribution in [2.45, 2.75) is 44.9 Å². The Kier molecular flexibility index (Phi) is 6.29. The van der Waals surface area contributed by atoms with E-state index in [1.54, 1.807) is 7.05 Å². The average molecular weight is 232 g/mol. The maximum absolute atomic E-state index is 11.3. The summed E-state index contributed by atoms with van der Waals surface area (Å²) in [5, 5.41) is 3.45. The predicted octanol–water partition coefficient (Wildman–Crippen LogP) is 1.62. The monoisotopic (exact) mass is 232 g/mol. The molecule has 2 unspecified atom stereocenters. The molecule has 0 aromatic carbocycles. The Labute approximate surface area is 97.6 Å². The zero-order valence-corrected chi connectivity index (χ0v) is 11.3. The van der Waals surface area contributed by atoms with Gasteiger partial charge in [-0.25, -0.2) is 0 Å². The molecule has 0 saturated carbocycles. The fourth-order valence-electron chi connectivity index (χ4n) is 1.32. The van der Waals surface area contributed by atoms with E-state index in [1.807, 2.05) is 18.7 Å². The van der Waals surface area contributed by atoms with Gasteiger partial charge in [0, 0.05) is 5.25 Å². The maximum Gasteiger partial charge on any atom is 0.237 e. The largest absolute Gasteiger partial charge is 0.368 e. The van der Waals surface area contributed by atoms with Crippen molar-refractivity contribution < 1.29 is 4.79 Å². The minimum absolute atomic E-state index is 0.276. The third kappa shape index (κ3) is 5.42. The molecule has 3 nitrogen and oxygen atoms in total. The lowest BCUT2D eigenvalue weighted by Gasteiger charge is -2.28. The standard InChI is InChI=1S/C11H24N2OS/c1-8(2)7-15-9(3)6-11(4,13-5)10(12)14/h8-9,13H,6-7H2,1-5H3,(H2,12,14). The van der Waals surface area contributed by atoms with Crippen LogP contribution in [0.3, 0.4) is 0 Å². The van der Waals surface area contributed by atoms with Gasteiger partial charge in [-0.2, -0.15) is 11.8 Å². The number of hydrogen-bond acceptors (Lipinski definition) is 3. The average Bonchev–Trinajstić information content (AvgIpc) is 2.14. The van der Waals surface area contributed by atoms with Gasteiger partial charge >= 0.3 is 0 Å². The zero-order chi connectivity index (χ0) is 12.1. The van der Waals surface area contributed by atoms with Gasteiger partial charge in [-0.15, -0.1) is 0 Å². The molecule has 0 bridgehead atoms. The van der Waals surface area contributed by atoms with Crippen LogP contribution < -0.4 is 11.1 Å². The molecule has 3 N–H and O–H groups in total. The first kappa shape index (κ1) is 14.8. The van der Waals surface area contributed by atoms with Crippen molar-refractivity contribution in [2.75, 3.05) is 12.8 Å². The van der Waals surface area contributed by atoms with Gasteiger partial charge in [0.2, 0.25) is 5.91 Å². The van der Waals surface area contributed by atoms with Crippen molar-refractivity contribution in [1.29, 1.82) is 0 Å². The van der Waals surface area contributed by atoms with Crippen LogP contribution in [0.5, 0.6) is 0 Å². The molecule has 0 fully saturated rings.